The van der Waals surface area contributed by atoms with E-state index < -0.39 is 10.0 Å². The normalized spacial score (nSPS) is 18.6. The molecule has 3 heterocycles. The number of carbonyl (C=O) groups excluding carboxylic acids is 1. The number of carbonyl (C=O) groups is 1. The van der Waals surface area contributed by atoms with Gasteiger partial charge in [-0.25, -0.2) is 8.42 Å². The van der Waals surface area contributed by atoms with Crippen LogP contribution in [0.4, 0.5) is 0 Å². The van der Waals surface area contributed by atoms with Gasteiger partial charge in [-0.1, -0.05) is 24.3 Å². The summed E-state index contributed by atoms with van der Waals surface area (Å²) in [7, 11) is -0.220. The van der Waals surface area contributed by atoms with Crippen molar-refractivity contribution in [1.82, 2.24) is 13.8 Å². The van der Waals surface area contributed by atoms with Crippen LogP contribution < -0.4 is 4.74 Å². The van der Waals surface area contributed by atoms with Crippen LogP contribution in [-0.4, -0.2) is 61.4 Å². The van der Waals surface area contributed by atoms with Crippen LogP contribution >= 0.6 is 0 Å². The fourth-order valence-electron chi connectivity index (χ4n) is 5.47. The van der Waals surface area contributed by atoms with Crippen LogP contribution in [0.5, 0.6) is 5.75 Å². The van der Waals surface area contributed by atoms with E-state index in [-0.39, 0.29) is 16.2 Å². The fourth-order valence-corrected chi connectivity index (χ4v) is 7.27. The molecule has 0 unspecified atom stereocenters. The third kappa shape index (κ3) is 3.79. The van der Waals surface area contributed by atoms with Crippen LogP contribution in [0.25, 0.3) is 10.9 Å². The first-order chi connectivity index (χ1) is 16.2. The summed E-state index contributed by atoms with van der Waals surface area (Å²) in [5, 5.41) is 1.06. The van der Waals surface area contributed by atoms with Crippen molar-refractivity contribution in [2.45, 2.75) is 31.1 Å². The number of piperidine rings is 1. The highest BCUT2D eigenvalue weighted by Crippen LogP contribution is 2.43. The van der Waals surface area contributed by atoms with Crippen molar-refractivity contribution in [2.24, 2.45) is 12.5 Å². The lowest BCUT2D eigenvalue weighted by atomic mass is 9.78. The van der Waals surface area contributed by atoms with E-state index in [1.165, 1.54) is 7.11 Å². The van der Waals surface area contributed by atoms with Gasteiger partial charge in [-0.2, -0.15) is 4.31 Å². The molecule has 0 radical (unpaired) electrons. The summed E-state index contributed by atoms with van der Waals surface area (Å²) in [6.07, 6.45) is 2.43. The van der Waals surface area contributed by atoms with Gasteiger partial charge in [0.05, 0.1) is 7.11 Å². The van der Waals surface area contributed by atoms with Gasteiger partial charge in [0, 0.05) is 44.1 Å². The Hall–Kier alpha value is -2.84. The lowest BCUT2D eigenvalue weighted by molar-refractivity contribution is 0.0591. The number of ether oxygens (including phenoxy) is 1. The number of sulfonamides is 1. The number of fused-ring (bicyclic) bond motifs is 1. The van der Waals surface area contributed by atoms with Crippen LogP contribution in [0.1, 0.15) is 35.3 Å². The van der Waals surface area contributed by atoms with Crippen LogP contribution in [-0.2, 0) is 17.1 Å². The second-order valence-electron chi connectivity index (χ2n) is 9.68. The molecule has 2 aliphatic heterocycles. The van der Waals surface area contributed by atoms with E-state index in [2.05, 4.69) is 0 Å². The molecular formula is C26H31N3O4S. The lowest BCUT2D eigenvalue weighted by Gasteiger charge is -2.39. The van der Waals surface area contributed by atoms with Crippen molar-refractivity contribution in [3.8, 4) is 5.75 Å². The van der Waals surface area contributed by atoms with Crippen molar-refractivity contribution in [3.05, 3.63) is 59.8 Å². The van der Waals surface area contributed by atoms with Gasteiger partial charge >= 0.3 is 0 Å². The largest absolute Gasteiger partial charge is 0.495 e. The van der Waals surface area contributed by atoms with Crippen LogP contribution in [0.2, 0.25) is 0 Å². The number of amides is 1. The van der Waals surface area contributed by atoms with E-state index in [9.17, 15) is 13.2 Å². The molecule has 0 saturated carbocycles. The summed E-state index contributed by atoms with van der Waals surface area (Å²) in [5.41, 5.74) is 2.54. The molecule has 2 aromatic carbocycles. The zero-order valence-corrected chi connectivity index (χ0v) is 20.8. The molecule has 1 spiro atoms. The quantitative estimate of drug-likeness (QED) is 0.568. The summed E-state index contributed by atoms with van der Waals surface area (Å²) in [4.78, 5) is 15.4. The molecule has 2 aliphatic rings. The molecule has 3 aromatic rings. The Kier molecular flexibility index (Phi) is 5.68. The molecule has 8 heteroatoms. The van der Waals surface area contributed by atoms with Gasteiger partial charge in [-0.15, -0.1) is 0 Å². The number of nitrogens with zero attached hydrogens (tertiary/aromatic N) is 3. The molecule has 180 valence electrons. The Morgan fingerprint density at radius 1 is 1.00 bits per heavy atom. The molecule has 1 aromatic heterocycles. The summed E-state index contributed by atoms with van der Waals surface area (Å²) >= 11 is 0. The molecule has 0 atom stereocenters. The number of methoxy groups -OCH3 is 1. The van der Waals surface area contributed by atoms with Gasteiger partial charge in [0.1, 0.15) is 16.3 Å². The molecule has 5 rings (SSSR count). The van der Waals surface area contributed by atoms with Gasteiger partial charge in [0.25, 0.3) is 5.91 Å². The average molecular weight is 482 g/mol. The van der Waals surface area contributed by atoms with E-state index in [4.69, 9.17) is 4.74 Å². The van der Waals surface area contributed by atoms with E-state index >= 15 is 0 Å². The number of para-hydroxylation sites is 1. The molecule has 34 heavy (non-hydrogen) atoms. The second-order valence-corrected chi connectivity index (χ2v) is 11.6. The SMILES string of the molecule is COc1ccc(C)cc1S(=O)(=O)N1CCC2(CCN(C(=O)c3cc4ccccc4n3C)CC2)C1. The maximum atomic E-state index is 13.5. The maximum Gasteiger partial charge on any atom is 0.270 e. The van der Waals surface area contributed by atoms with Crippen molar-refractivity contribution in [3.63, 3.8) is 0 Å². The van der Waals surface area contributed by atoms with E-state index in [0.717, 1.165) is 35.7 Å². The highest BCUT2D eigenvalue weighted by molar-refractivity contribution is 7.89. The summed E-state index contributed by atoms with van der Waals surface area (Å²) < 4.78 is 35.8. The average Bonchev–Trinajstić information content (AvgIpc) is 3.41. The number of rotatable bonds is 4. The van der Waals surface area contributed by atoms with Crippen LogP contribution in [0, 0.1) is 12.3 Å². The molecule has 2 saturated heterocycles. The molecule has 7 nitrogen and oxygen atoms in total. The molecule has 2 fully saturated rings. The Morgan fingerprint density at radius 3 is 2.41 bits per heavy atom. The number of likely N-dealkylation sites (tertiary alicyclic amines) is 1. The minimum atomic E-state index is -3.65. The maximum absolute atomic E-state index is 13.5. The second kappa shape index (κ2) is 8.43. The Labute approximate surface area is 201 Å². The molecular weight excluding hydrogens is 450 g/mol. The minimum absolute atomic E-state index is 0.0421. The molecule has 1 amide bonds. The van der Waals surface area contributed by atoms with Gasteiger partial charge < -0.3 is 14.2 Å². The van der Waals surface area contributed by atoms with Gasteiger partial charge in [0.15, 0.2) is 0 Å². The Morgan fingerprint density at radius 2 is 1.71 bits per heavy atom. The minimum Gasteiger partial charge on any atom is -0.495 e. The molecule has 0 bridgehead atoms. The molecule has 0 N–H and O–H groups in total. The number of hydrogen-bond acceptors (Lipinski definition) is 4. The predicted molar refractivity (Wildman–Crippen MR) is 132 cm³/mol. The van der Waals surface area contributed by atoms with Gasteiger partial charge in [0.2, 0.25) is 10.0 Å². The topological polar surface area (TPSA) is 71.9 Å². The van der Waals surface area contributed by atoms with E-state index in [0.29, 0.717) is 37.6 Å². The standard InChI is InChI=1S/C26H31N3O4S/c1-19-8-9-23(33-3)24(16-19)34(31,32)29-15-12-26(18-29)10-13-28(14-11-26)25(30)22-17-20-6-4-5-7-21(20)27(22)2/h4-9,16-17H,10-15,18H2,1-3H3. The zero-order chi connectivity index (χ0) is 24.1. The predicted octanol–water partition coefficient (Wildman–Crippen LogP) is 3.81. The number of hydrogen-bond donors (Lipinski definition) is 0. The Balaban J connectivity index is 1.30. The van der Waals surface area contributed by atoms with E-state index in [1.54, 1.807) is 16.4 Å². The van der Waals surface area contributed by atoms with Crippen molar-refractivity contribution in [2.75, 3.05) is 33.3 Å². The number of aromatic nitrogens is 1. The third-order valence-corrected chi connectivity index (χ3v) is 9.49. The summed E-state index contributed by atoms with van der Waals surface area (Å²) in [6, 6.07) is 15.2. The van der Waals surface area contributed by atoms with E-state index in [1.807, 2.05) is 59.8 Å². The highest BCUT2D eigenvalue weighted by Gasteiger charge is 2.45. The van der Waals surface area contributed by atoms with Crippen molar-refractivity contribution in [1.29, 1.82) is 0 Å². The third-order valence-electron chi connectivity index (χ3n) is 7.62. The molecule has 0 aliphatic carbocycles. The fraction of sp³-hybridized carbons (Fsp3) is 0.423. The first kappa shape index (κ1) is 22.9. The number of benzene rings is 2. The van der Waals surface area contributed by atoms with Crippen LogP contribution in [0.3, 0.4) is 0 Å². The van der Waals surface area contributed by atoms with Crippen LogP contribution in [0.15, 0.2) is 53.4 Å². The smallest absolute Gasteiger partial charge is 0.270 e. The first-order valence-electron chi connectivity index (χ1n) is 11.7. The Bertz CT molecular complexity index is 1350. The van der Waals surface area contributed by atoms with Gasteiger partial charge in [-0.3, -0.25) is 4.79 Å². The lowest BCUT2D eigenvalue weighted by Crippen LogP contribution is -2.45. The summed E-state index contributed by atoms with van der Waals surface area (Å²) in [6.45, 7) is 4.15. The summed E-state index contributed by atoms with van der Waals surface area (Å²) in [5.74, 6) is 0.419. The number of aryl methyl sites for hydroxylation is 2. The highest BCUT2D eigenvalue weighted by atomic mass is 32.2. The first-order valence-corrected chi connectivity index (χ1v) is 13.2. The van der Waals surface area contributed by atoms with Crippen molar-refractivity contribution >= 4 is 26.8 Å². The monoisotopic (exact) mass is 481 g/mol. The van der Waals surface area contributed by atoms with Crippen molar-refractivity contribution < 1.29 is 17.9 Å². The zero-order valence-electron chi connectivity index (χ0n) is 20.0. The van der Waals surface area contributed by atoms with Gasteiger partial charge in [-0.05, 0) is 61.4 Å².